The van der Waals surface area contributed by atoms with Crippen LogP contribution in [0.25, 0.3) is 0 Å². The zero-order valence-electron chi connectivity index (χ0n) is 47.1. The van der Waals surface area contributed by atoms with Crippen molar-refractivity contribution in [3.05, 3.63) is 134 Å². The van der Waals surface area contributed by atoms with E-state index in [1.54, 1.807) is 0 Å². The van der Waals surface area contributed by atoms with Crippen LogP contribution in [0.4, 0.5) is 0 Å². The second-order valence-corrected chi connectivity index (χ2v) is 19.1. The topological polar surface area (TPSA) is 78.9 Å². The molecule has 0 aromatic carbocycles. The number of hydrogen-bond acceptors (Lipinski definition) is 6. The van der Waals surface area contributed by atoms with Gasteiger partial charge in [0.2, 0.25) is 0 Å². The van der Waals surface area contributed by atoms with Crippen molar-refractivity contribution in [1.29, 1.82) is 0 Å². The third-order valence-electron chi connectivity index (χ3n) is 12.2. The minimum absolute atomic E-state index is 0.0894. The van der Waals surface area contributed by atoms with Gasteiger partial charge in [0.25, 0.3) is 0 Å². The fourth-order valence-electron chi connectivity index (χ4n) is 7.77. The fraction of sp³-hybridized carbons (Fsp3) is 0.627. The molecule has 0 bridgehead atoms. The molecular formula is C67H108O6. The first-order valence-electron chi connectivity index (χ1n) is 29.7. The molecule has 0 fully saturated rings. The average Bonchev–Trinajstić information content (AvgIpc) is 3.39. The van der Waals surface area contributed by atoms with Crippen LogP contribution in [-0.2, 0) is 28.6 Å². The highest BCUT2D eigenvalue weighted by atomic mass is 16.6. The lowest BCUT2D eigenvalue weighted by Crippen LogP contribution is -2.30. The van der Waals surface area contributed by atoms with E-state index in [9.17, 15) is 14.4 Å². The number of carbonyl (C=O) groups excluding carboxylic acids is 3. The maximum Gasteiger partial charge on any atom is 0.306 e. The third kappa shape index (κ3) is 58.3. The van der Waals surface area contributed by atoms with Crippen LogP contribution < -0.4 is 0 Å². The van der Waals surface area contributed by atoms with Gasteiger partial charge in [0, 0.05) is 19.3 Å². The van der Waals surface area contributed by atoms with E-state index in [0.29, 0.717) is 19.3 Å². The van der Waals surface area contributed by atoms with Gasteiger partial charge in [0.1, 0.15) is 13.2 Å². The Morgan fingerprint density at radius 3 is 0.836 bits per heavy atom. The molecule has 73 heavy (non-hydrogen) atoms. The highest BCUT2D eigenvalue weighted by Crippen LogP contribution is 2.14. The molecule has 1 atom stereocenters. The lowest BCUT2D eigenvalue weighted by molar-refractivity contribution is -0.167. The summed E-state index contributed by atoms with van der Waals surface area (Å²) in [5, 5.41) is 0. The Balaban J connectivity index is 4.12. The predicted molar refractivity (Wildman–Crippen MR) is 316 cm³/mol. The second kappa shape index (κ2) is 60.1. The van der Waals surface area contributed by atoms with Crippen molar-refractivity contribution in [2.45, 2.75) is 258 Å². The molecule has 0 radical (unpaired) electrons. The Morgan fingerprint density at radius 1 is 0.288 bits per heavy atom. The maximum absolute atomic E-state index is 12.8. The third-order valence-corrected chi connectivity index (χ3v) is 12.2. The fourth-order valence-corrected chi connectivity index (χ4v) is 7.77. The molecule has 0 rings (SSSR count). The van der Waals surface area contributed by atoms with Gasteiger partial charge in [-0.15, -0.1) is 0 Å². The van der Waals surface area contributed by atoms with Crippen LogP contribution in [0.3, 0.4) is 0 Å². The van der Waals surface area contributed by atoms with Crippen molar-refractivity contribution in [3.8, 4) is 0 Å². The Morgan fingerprint density at radius 2 is 0.534 bits per heavy atom. The van der Waals surface area contributed by atoms with Crippen LogP contribution in [0.1, 0.15) is 252 Å². The quantitative estimate of drug-likeness (QED) is 0.0261. The second-order valence-electron chi connectivity index (χ2n) is 19.1. The number of rotatable bonds is 52. The number of carbonyl (C=O) groups is 3. The number of hydrogen-bond donors (Lipinski definition) is 0. The first-order chi connectivity index (χ1) is 36.0. The highest BCUT2D eigenvalue weighted by Gasteiger charge is 2.19. The zero-order valence-corrected chi connectivity index (χ0v) is 47.1. The number of ether oxygens (including phenoxy) is 3. The van der Waals surface area contributed by atoms with Gasteiger partial charge in [-0.2, -0.15) is 0 Å². The summed E-state index contributed by atoms with van der Waals surface area (Å²) < 4.78 is 16.7. The molecule has 0 heterocycles. The van der Waals surface area contributed by atoms with E-state index in [2.05, 4.69) is 154 Å². The summed E-state index contributed by atoms with van der Waals surface area (Å²) in [4.78, 5) is 37.8. The molecule has 412 valence electrons. The molecule has 0 N–H and O–H groups in total. The Hall–Kier alpha value is -4.45. The summed E-state index contributed by atoms with van der Waals surface area (Å²) in [5.41, 5.74) is 0. The van der Waals surface area contributed by atoms with Gasteiger partial charge in [0.15, 0.2) is 6.10 Å². The Labute approximate surface area is 449 Å². The molecule has 0 saturated carbocycles. The van der Waals surface area contributed by atoms with Crippen LogP contribution in [0.2, 0.25) is 0 Å². The van der Waals surface area contributed by atoms with Gasteiger partial charge in [-0.3, -0.25) is 14.4 Å². The number of allylic oxidation sites excluding steroid dienone is 22. The molecule has 6 heteroatoms. The van der Waals surface area contributed by atoms with Gasteiger partial charge in [-0.05, 0) is 116 Å². The molecule has 1 unspecified atom stereocenters. The van der Waals surface area contributed by atoms with E-state index in [1.165, 1.54) is 51.4 Å². The molecule has 0 aromatic rings. The van der Waals surface area contributed by atoms with Crippen molar-refractivity contribution in [1.82, 2.24) is 0 Å². The summed E-state index contributed by atoms with van der Waals surface area (Å²) in [6.45, 7) is 6.30. The van der Waals surface area contributed by atoms with Gasteiger partial charge >= 0.3 is 17.9 Å². The van der Waals surface area contributed by atoms with Crippen LogP contribution in [0, 0.1) is 0 Å². The lowest BCUT2D eigenvalue weighted by Gasteiger charge is -2.18. The van der Waals surface area contributed by atoms with Crippen LogP contribution in [0.15, 0.2) is 134 Å². The molecule has 0 aliphatic rings. The van der Waals surface area contributed by atoms with Crippen molar-refractivity contribution >= 4 is 17.9 Å². The van der Waals surface area contributed by atoms with Crippen molar-refractivity contribution in [2.24, 2.45) is 0 Å². The highest BCUT2D eigenvalue weighted by molar-refractivity contribution is 5.71. The summed E-state index contributed by atoms with van der Waals surface area (Å²) in [7, 11) is 0. The monoisotopic (exact) mass is 1010 g/mol. The van der Waals surface area contributed by atoms with E-state index in [4.69, 9.17) is 14.2 Å². The summed E-state index contributed by atoms with van der Waals surface area (Å²) in [6.07, 6.45) is 84.9. The van der Waals surface area contributed by atoms with Gasteiger partial charge in [0.05, 0.1) is 0 Å². The van der Waals surface area contributed by atoms with E-state index in [0.717, 1.165) is 161 Å². The summed E-state index contributed by atoms with van der Waals surface area (Å²) in [6, 6.07) is 0. The molecule has 0 aromatic heterocycles. The molecule has 0 spiro atoms. The van der Waals surface area contributed by atoms with Gasteiger partial charge in [-0.1, -0.05) is 251 Å². The van der Waals surface area contributed by atoms with E-state index in [1.807, 2.05) is 0 Å². The van der Waals surface area contributed by atoms with Crippen molar-refractivity contribution in [2.75, 3.05) is 13.2 Å². The zero-order chi connectivity index (χ0) is 52.9. The molecule has 0 aliphatic heterocycles. The molecule has 6 nitrogen and oxygen atoms in total. The molecule has 0 saturated heterocycles. The first-order valence-corrected chi connectivity index (χ1v) is 29.7. The van der Waals surface area contributed by atoms with Crippen LogP contribution in [0.5, 0.6) is 0 Å². The van der Waals surface area contributed by atoms with Gasteiger partial charge in [-0.25, -0.2) is 0 Å². The SMILES string of the molecule is CC/C=C\C/C=C\C/C=C\C/C=C\C/C=C\C/C=C\C/C=C\CCCCCCCCCCCC(=O)OCC(COC(=O)CCCCCCC)OC(=O)CCCCCCCC/C=C\C/C=C\C/C=C\C/C=C\CC. The van der Waals surface area contributed by atoms with Crippen LogP contribution in [-0.4, -0.2) is 37.2 Å². The Kier molecular flexibility index (Phi) is 56.4. The van der Waals surface area contributed by atoms with Crippen molar-refractivity contribution < 1.29 is 28.6 Å². The first kappa shape index (κ1) is 68.6. The molecule has 0 aliphatic carbocycles. The van der Waals surface area contributed by atoms with Crippen LogP contribution >= 0.6 is 0 Å². The normalized spacial score (nSPS) is 13.1. The predicted octanol–water partition coefficient (Wildman–Crippen LogP) is 20.2. The molecule has 0 amide bonds. The van der Waals surface area contributed by atoms with E-state index >= 15 is 0 Å². The standard InChI is InChI=1S/C67H108O6/c1-4-7-10-13-15-17-19-21-23-25-27-28-29-30-31-32-33-34-35-36-37-38-40-41-43-45-47-49-51-54-57-60-66(69)72-63-64(62-71-65(68)59-56-53-12-9-6-3)73-67(70)61-58-55-52-50-48-46-44-42-39-26-24-22-20-18-16-14-11-8-5-2/h7-8,10-11,15-18,21-24,27-28,30-31,33-34,36-37,39,42,64H,4-6,9,12-14,19-20,25-26,29,32,35,38,40-41,43-63H2,1-3H3/b10-7-,11-8-,17-15-,18-16-,23-21-,24-22-,28-27-,31-30-,34-33-,37-36-,42-39-. The number of unbranched alkanes of at least 4 members (excludes halogenated alkanes) is 19. The van der Waals surface area contributed by atoms with Crippen molar-refractivity contribution in [3.63, 3.8) is 0 Å². The average molecular weight is 1010 g/mol. The van der Waals surface area contributed by atoms with Gasteiger partial charge < -0.3 is 14.2 Å². The van der Waals surface area contributed by atoms with E-state index in [-0.39, 0.29) is 31.1 Å². The minimum Gasteiger partial charge on any atom is -0.462 e. The summed E-state index contributed by atoms with van der Waals surface area (Å²) >= 11 is 0. The van der Waals surface area contributed by atoms with E-state index < -0.39 is 6.10 Å². The smallest absolute Gasteiger partial charge is 0.306 e. The maximum atomic E-state index is 12.8. The lowest BCUT2D eigenvalue weighted by atomic mass is 10.1. The molecular weight excluding hydrogens is 901 g/mol. The minimum atomic E-state index is -0.789. The largest absolute Gasteiger partial charge is 0.462 e. The Bertz CT molecular complexity index is 1580. The number of esters is 3. The summed E-state index contributed by atoms with van der Waals surface area (Å²) in [5.74, 6) is -0.927.